The van der Waals surface area contributed by atoms with Gasteiger partial charge in [0.1, 0.15) is 5.75 Å². The van der Waals surface area contributed by atoms with E-state index in [0.717, 1.165) is 30.0 Å². The van der Waals surface area contributed by atoms with E-state index < -0.39 is 0 Å². The maximum absolute atomic E-state index is 5.31. The molecule has 0 aliphatic heterocycles. The fraction of sp³-hybridized carbons (Fsp3) is 0.647. The lowest BCUT2D eigenvalue weighted by Gasteiger charge is -2.27. The molecule has 110 valence electrons. The Hall–Kier alpha value is -0.540. The number of halogens is 1. The molecule has 20 heavy (non-hydrogen) atoms. The first-order chi connectivity index (χ1) is 9.72. The van der Waals surface area contributed by atoms with Gasteiger partial charge in [-0.3, -0.25) is 0 Å². The van der Waals surface area contributed by atoms with Gasteiger partial charge >= 0.3 is 0 Å². The molecule has 2 fully saturated rings. The van der Waals surface area contributed by atoms with E-state index in [2.05, 4.69) is 46.4 Å². The predicted octanol–water partition coefficient (Wildman–Crippen LogP) is 4.54. The summed E-state index contributed by atoms with van der Waals surface area (Å²) in [7, 11) is 1.72. The maximum Gasteiger partial charge on any atom is 0.120 e. The number of ether oxygens (including phenoxy) is 1. The van der Waals surface area contributed by atoms with Gasteiger partial charge in [-0.2, -0.15) is 0 Å². The smallest absolute Gasteiger partial charge is 0.120 e. The standard InChI is InChI=1S/C17H24BrNO/c1-3-6-19-17(13-8-11-7-12(11)9-13)15-5-4-14(20-2)10-16(15)18/h4-5,10-13,17,19H,3,6-9H2,1-2H3. The molecule has 0 amide bonds. The van der Waals surface area contributed by atoms with E-state index in [4.69, 9.17) is 4.74 Å². The summed E-state index contributed by atoms with van der Waals surface area (Å²) in [4.78, 5) is 0. The second kappa shape index (κ2) is 6.07. The summed E-state index contributed by atoms with van der Waals surface area (Å²) >= 11 is 3.73. The molecule has 0 radical (unpaired) electrons. The van der Waals surface area contributed by atoms with Gasteiger partial charge in [-0.15, -0.1) is 0 Å². The van der Waals surface area contributed by atoms with Crippen LogP contribution in [0.15, 0.2) is 22.7 Å². The minimum absolute atomic E-state index is 0.489. The normalized spacial score (nSPS) is 29.1. The van der Waals surface area contributed by atoms with Crippen LogP contribution in [0.1, 0.15) is 44.2 Å². The van der Waals surface area contributed by atoms with Crippen molar-refractivity contribution < 1.29 is 4.74 Å². The number of rotatable bonds is 6. The van der Waals surface area contributed by atoms with Crippen molar-refractivity contribution in [1.82, 2.24) is 5.32 Å². The van der Waals surface area contributed by atoms with Crippen molar-refractivity contribution in [2.75, 3.05) is 13.7 Å². The Labute approximate surface area is 130 Å². The number of hydrogen-bond acceptors (Lipinski definition) is 2. The van der Waals surface area contributed by atoms with Crippen LogP contribution in [0, 0.1) is 17.8 Å². The summed E-state index contributed by atoms with van der Waals surface area (Å²) in [6, 6.07) is 6.88. The van der Waals surface area contributed by atoms with E-state index in [1.165, 1.54) is 35.7 Å². The van der Waals surface area contributed by atoms with Crippen molar-refractivity contribution in [3.05, 3.63) is 28.2 Å². The topological polar surface area (TPSA) is 21.3 Å². The second-order valence-corrected chi connectivity index (χ2v) is 7.16. The molecule has 1 aromatic carbocycles. The van der Waals surface area contributed by atoms with Crippen LogP contribution in [0.25, 0.3) is 0 Å². The Kier molecular flexibility index (Phi) is 4.37. The second-order valence-electron chi connectivity index (χ2n) is 6.31. The summed E-state index contributed by atoms with van der Waals surface area (Å²) < 4.78 is 6.48. The number of methoxy groups -OCH3 is 1. The molecule has 0 spiro atoms. The summed E-state index contributed by atoms with van der Waals surface area (Å²) in [5, 5.41) is 3.78. The highest BCUT2D eigenvalue weighted by Gasteiger charge is 2.48. The van der Waals surface area contributed by atoms with E-state index >= 15 is 0 Å². The molecule has 0 bridgehead atoms. The van der Waals surface area contributed by atoms with E-state index in [1.807, 2.05) is 0 Å². The lowest BCUT2D eigenvalue weighted by atomic mass is 9.89. The molecule has 1 aromatic rings. The van der Waals surface area contributed by atoms with E-state index in [-0.39, 0.29) is 0 Å². The zero-order valence-electron chi connectivity index (χ0n) is 12.4. The molecule has 2 aliphatic rings. The van der Waals surface area contributed by atoms with Gasteiger partial charge in [-0.1, -0.05) is 28.9 Å². The highest BCUT2D eigenvalue weighted by molar-refractivity contribution is 9.10. The lowest BCUT2D eigenvalue weighted by Crippen LogP contribution is -2.28. The summed E-state index contributed by atoms with van der Waals surface area (Å²) in [5.74, 6) is 3.78. The van der Waals surface area contributed by atoms with Gasteiger partial charge < -0.3 is 10.1 Å². The number of benzene rings is 1. The largest absolute Gasteiger partial charge is 0.497 e. The average molecular weight is 338 g/mol. The molecule has 2 saturated carbocycles. The zero-order valence-corrected chi connectivity index (χ0v) is 13.9. The molecule has 2 aliphatic carbocycles. The molecule has 3 atom stereocenters. The molecule has 3 heteroatoms. The Balaban J connectivity index is 1.80. The van der Waals surface area contributed by atoms with Crippen LogP contribution >= 0.6 is 15.9 Å². The first kappa shape index (κ1) is 14.4. The fourth-order valence-electron chi connectivity index (χ4n) is 3.75. The molecule has 0 aromatic heterocycles. The van der Waals surface area contributed by atoms with Crippen LogP contribution in [0.3, 0.4) is 0 Å². The Morgan fingerprint density at radius 2 is 2.05 bits per heavy atom. The zero-order chi connectivity index (χ0) is 14.1. The van der Waals surface area contributed by atoms with Gasteiger partial charge in [0.2, 0.25) is 0 Å². The van der Waals surface area contributed by atoms with Crippen LogP contribution < -0.4 is 10.1 Å². The van der Waals surface area contributed by atoms with E-state index in [1.54, 1.807) is 7.11 Å². The Bertz CT molecular complexity index is 466. The third-order valence-corrected chi connectivity index (χ3v) is 5.60. The van der Waals surface area contributed by atoms with Crippen molar-refractivity contribution in [1.29, 1.82) is 0 Å². The van der Waals surface area contributed by atoms with Gasteiger partial charge in [0.25, 0.3) is 0 Å². The highest BCUT2D eigenvalue weighted by atomic mass is 79.9. The quantitative estimate of drug-likeness (QED) is 0.822. The highest BCUT2D eigenvalue weighted by Crippen LogP contribution is 2.57. The van der Waals surface area contributed by atoms with Crippen LogP contribution in [0.2, 0.25) is 0 Å². The van der Waals surface area contributed by atoms with Crippen LogP contribution in [0.4, 0.5) is 0 Å². The summed E-state index contributed by atoms with van der Waals surface area (Å²) in [6.07, 6.45) is 5.49. The first-order valence-electron chi connectivity index (χ1n) is 7.79. The van der Waals surface area contributed by atoms with Gasteiger partial charge in [0, 0.05) is 10.5 Å². The third kappa shape index (κ3) is 2.89. The number of hydrogen-bond donors (Lipinski definition) is 1. The minimum Gasteiger partial charge on any atom is -0.497 e. The molecular weight excluding hydrogens is 314 g/mol. The molecule has 1 N–H and O–H groups in total. The van der Waals surface area contributed by atoms with Gasteiger partial charge in [0.05, 0.1) is 7.11 Å². The predicted molar refractivity (Wildman–Crippen MR) is 86.0 cm³/mol. The van der Waals surface area contributed by atoms with E-state index in [9.17, 15) is 0 Å². The molecule has 0 heterocycles. The minimum atomic E-state index is 0.489. The Morgan fingerprint density at radius 1 is 1.30 bits per heavy atom. The first-order valence-corrected chi connectivity index (χ1v) is 8.59. The molecule has 3 rings (SSSR count). The van der Waals surface area contributed by atoms with Crippen molar-refractivity contribution >= 4 is 15.9 Å². The van der Waals surface area contributed by atoms with Gasteiger partial charge in [-0.25, -0.2) is 0 Å². The molecule has 0 saturated heterocycles. The monoisotopic (exact) mass is 337 g/mol. The van der Waals surface area contributed by atoms with Crippen molar-refractivity contribution in [2.24, 2.45) is 17.8 Å². The maximum atomic E-state index is 5.31. The third-order valence-electron chi connectivity index (χ3n) is 4.91. The number of fused-ring (bicyclic) bond motifs is 1. The van der Waals surface area contributed by atoms with Crippen LogP contribution in [-0.4, -0.2) is 13.7 Å². The Morgan fingerprint density at radius 3 is 2.65 bits per heavy atom. The lowest BCUT2D eigenvalue weighted by molar-refractivity contribution is 0.340. The van der Waals surface area contributed by atoms with Crippen molar-refractivity contribution in [2.45, 2.75) is 38.6 Å². The fourth-order valence-corrected chi connectivity index (χ4v) is 4.36. The molecule has 2 nitrogen and oxygen atoms in total. The summed E-state index contributed by atoms with van der Waals surface area (Å²) in [6.45, 7) is 3.33. The van der Waals surface area contributed by atoms with Crippen molar-refractivity contribution in [3.8, 4) is 5.75 Å². The molecular formula is C17H24BrNO. The SMILES string of the molecule is CCCNC(c1ccc(OC)cc1Br)C1CC2CC2C1. The summed E-state index contributed by atoms with van der Waals surface area (Å²) in [5.41, 5.74) is 1.39. The van der Waals surface area contributed by atoms with E-state index in [0.29, 0.717) is 6.04 Å². The van der Waals surface area contributed by atoms with Crippen LogP contribution in [-0.2, 0) is 0 Å². The van der Waals surface area contributed by atoms with Gasteiger partial charge in [0.15, 0.2) is 0 Å². The van der Waals surface area contributed by atoms with Crippen LogP contribution in [0.5, 0.6) is 5.75 Å². The van der Waals surface area contributed by atoms with Crippen molar-refractivity contribution in [3.63, 3.8) is 0 Å². The number of nitrogens with one attached hydrogen (secondary N) is 1. The van der Waals surface area contributed by atoms with Gasteiger partial charge in [-0.05, 0) is 67.7 Å². The average Bonchev–Trinajstić information content (AvgIpc) is 3.07. The molecule has 3 unspecified atom stereocenters.